The molecule has 2 heterocycles. The Kier molecular flexibility index (Phi) is 5.28. The van der Waals surface area contributed by atoms with Gasteiger partial charge in [-0.05, 0) is 63.9 Å². The van der Waals surface area contributed by atoms with Crippen LogP contribution in [0.15, 0.2) is 23.3 Å². The summed E-state index contributed by atoms with van der Waals surface area (Å²) in [5.41, 5.74) is 8.81. The van der Waals surface area contributed by atoms with Crippen LogP contribution in [0.5, 0.6) is 0 Å². The molecule has 0 amide bonds. The highest BCUT2D eigenvalue weighted by molar-refractivity contribution is 5.82. The van der Waals surface area contributed by atoms with E-state index in [1.54, 1.807) is 0 Å². The predicted molar refractivity (Wildman–Crippen MR) is 94.6 cm³/mol. The van der Waals surface area contributed by atoms with Crippen LogP contribution in [-0.4, -0.2) is 60.9 Å². The summed E-state index contributed by atoms with van der Waals surface area (Å²) in [7, 11) is 4.31. The molecular weight excluding hydrogens is 286 g/mol. The van der Waals surface area contributed by atoms with Crippen LogP contribution in [-0.2, 0) is 6.42 Å². The zero-order valence-corrected chi connectivity index (χ0v) is 14.4. The van der Waals surface area contributed by atoms with E-state index in [0.717, 1.165) is 38.3 Å². The first-order valence-corrected chi connectivity index (χ1v) is 8.75. The van der Waals surface area contributed by atoms with E-state index in [0.29, 0.717) is 12.0 Å². The SMILES string of the molecule is CN1CCC(CN=C(N)CN(C)C2CCCc3cccnc32)C1. The molecule has 1 aromatic heterocycles. The van der Waals surface area contributed by atoms with Crippen molar-refractivity contribution in [3.8, 4) is 0 Å². The van der Waals surface area contributed by atoms with Crippen molar-refractivity contribution in [1.82, 2.24) is 14.8 Å². The predicted octanol–water partition coefficient (Wildman–Crippen LogP) is 1.70. The van der Waals surface area contributed by atoms with Gasteiger partial charge in [0, 0.05) is 19.3 Å². The van der Waals surface area contributed by atoms with E-state index in [4.69, 9.17) is 5.73 Å². The van der Waals surface area contributed by atoms with Crippen molar-refractivity contribution >= 4 is 5.84 Å². The van der Waals surface area contributed by atoms with E-state index in [1.807, 2.05) is 12.3 Å². The van der Waals surface area contributed by atoms with Gasteiger partial charge in [0.15, 0.2) is 0 Å². The van der Waals surface area contributed by atoms with Crippen LogP contribution < -0.4 is 5.73 Å². The molecular formula is C18H29N5. The number of likely N-dealkylation sites (tertiary alicyclic amines) is 1. The first-order chi connectivity index (χ1) is 11.1. The summed E-state index contributed by atoms with van der Waals surface area (Å²) >= 11 is 0. The Morgan fingerprint density at radius 2 is 2.35 bits per heavy atom. The van der Waals surface area contributed by atoms with Crippen molar-refractivity contribution in [1.29, 1.82) is 0 Å². The normalized spacial score (nSPS) is 25.8. The van der Waals surface area contributed by atoms with Crippen LogP contribution in [0.3, 0.4) is 0 Å². The Morgan fingerprint density at radius 3 is 3.13 bits per heavy atom. The molecule has 1 aliphatic heterocycles. The number of rotatable bonds is 5. The molecule has 0 bridgehead atoms. The van der Waals surface area contributed by atoms with E-state index < -0.39 is 0 Å². The van der Waals surface area contributed by atoms with Crippen molar-refractivity contribution in [3.63, 3.8) is 0 Å². The summed E-state index contributed by atoms with van der Waals surface area (Å²) in [5.74, 6) is 1.42. The zero-order valence-electron chi connectivity index (χ0n) is 14.4. The van der Waals surface area contributed by atoms with Crippen molar-refractivity contribution in [2.24, 2.45) is 16.6 Å². The molecule has 2 atom stereocenters. The van der Waals surface area contributed by atoms with E-state index in [2.05, 4.69) is 39.9 Å². The fourth-order valence-corrected chi connectivity index (χ4v) is 3.85. The fraction of sp³-hybridized carbons (Fsp3) is 0.667. The number of nitrogens with two attached hydrogens (primary N) is 1. The van der Waals surface area contributed by atoms with Gasteiger partial charge in [-0.15, -0.1) is 0 Å². The van der Waals surface area contributed by atoms with Gasteiger partial charge in [-0.25, -0.2) is 0 Å². The summed E-state index contributed by atoms with van der Waals surface area (Å²) in [4.78, 5) is 13.9. The molecule has 2 N–H and O–H groups in total. The van der Waals surface area contributed by atoms with Gasteiger partial charge in [-0.3, -0.25) is 14.9 Å². The molecule has 1 fully saturated rings. The second-order valence-corrected chi connectivity index (χ2v) is 7.12. The molecule has 1 saturated heterocycles. The van der Waals surface area contributed by atoms with Crippen LogP contribution in [0.25, 0.3) is 0 Å². The third-order valence-electron chi connectivity index (χ3n) is 5.15. The first-order valence-electron chi connectivity index (χ1n) is 8.75. The molecule has 1 aliphatic carbocycles. The van der Waals surface area contributed by atoms with Gasteiger partial charge in [-0.1, -0.05) is 6.07 Å². The van der Waals surface area contributed by atoms with E-state index >= 15 is 0 Å². The van der Waals surface area contributed by atoms with Gasteiger partial charge in [0.2, 0.25) is 0 Å². The van der Waals surface area contributed by atoms with Crippen LogP contribution in [0.2, 0.25) is 0 Å². The van der Waals surface area contributed by atoms with E-state index in [9.17, 15) is 0 Å². The number of aliphatic imine (C=N–C) groups is 1. The molecule has 2 unspecified atom stereocenters. The lowest BCUT2D eigenvalue weighted by atomic mass is 9.91. The number of likely N-dealkylation sites (N-methyl/N-ethyl adjacent to an activating group) is 1. The van der Waals surface area contributed by atoms with Gasteiger partial charge in [0.1, 0.15) is 5.84 Å². The van der Waals surface area contributed by atoms with Crippen LogP contribution in [0.1, 0.15) is 36.6 Å². The van der Waals surface area contributed by atoms with Crippen molar-refractivity contribution in [3.05, 3.63) is 29.6 Å². The lowest BCUT2D eigenvalue weighted by Gasteiger charge is -2.32. The van der Waals surface area contributed by atoms with E-state index in [1.165, 1.54) is 30.6 Å². The topological polar surface area (TPSA) is 57.8 Å². The molecule has 0 aromatic carbocycles. The Labute approximate surface area is 139 Å². The maximum atomic E-state index is 6.19. The molecule has 5 heteroatoms. The first kappa shape index (κ1) is 16.4. The van der Waals surface area contributed by atoms with Crippen LogP contribution >= 0.6 is 0 Å². The minimum atomic E-state index is 0.367. The second kappa shape index (κ2) is 7.41. The summed E-state index contributed by atoms with van der Waals surface area (Å²) < 4.78 is 0. The minimum absolute atomic E-state index is 0.367. The number of fused-ring (bicyclic) bond motifs is 1. The molecule has 5 nitrogen and oxygen atoms in total. The van der Waals surface area contributed by atoms with Crippen molar-refractivity contribution in [2.75, 3.05) is 40.3 Å². The number of amidine groups is 1. The smallest absolute Gasteiger partial charge is 0.108 e. The number of hydrogen-bond donors (Lipinski definition) is 1. The van der Waals surface area contributed by atoms with Gasteiger partial charge in [0.05, 0.1) is 18.3 Å². The molecule has 126 valence electrons. The number of aromatic nitrogens is 1. The Morgan fingerprint density at radius 1 is 1.48 bits per heavy atom. The highest BCUT2D eigenvalue weighted by atomic mass is 15.2. The van der Waals surface area contributed by atoms with Crippen LogP contribution in [0.4, 0.5) is 0 Å². The quantitative estimate of drug-likeness (QED) is 0.664. The van der Waals surface area contributed by atoms with E-state index in [-0.39, 0.29) is 0 Å². The summed E-state index contributed by atoms with van der Waals surface area (Å²) in [6.07, 6.45) is 6.66. The van der Waals surface area contributed by atoms with Crippen molar-refractivity contribution < 1.29 is 0 Å². The monoisotopic (exact) mass is 315 g/mol. The van der Waals surface area contributed by atoms with Crippen molar-refractivity contribution in [2.45, 2.75) is 31.7 Å². The largest absolute Gasteiger partial charge is 0.386 e. The maximum absolute atomic E-state index is 6.19. The molecule has 3 rings (SSSR count). The average molecular weight is 315 g/mol. The summed E-state index contributed by atoms with van der Waals surface area (Å²) in [5, 5.41) is 0. The Hall–Kier alpha value is -1.46. The number of nitrogens with zero attached hydrogens (tertiary/aromatic N) is 4. The number of aryl methyl sites for hydroxylation is 1. The lowest BCUT2D eigenvalue weighted by Crippen LogP contribution is -2.36. The number of pyridine rings is 1. The Balaban J connectivity index is 1.57. The zero-order chi connectivity index (χ0) is 16.2. The average Bonchev–Trinajstić information content (AvgIpc) is 2.98. The molecule has 0 saturated carbocycles. The molecule has 0 spiro atoms. The Bertz CT molecular complexity index is 556. The maximum Gasteiger partial charge on any atom is 0.108 e. The molecule has 0 radical (unpaired) electrons. The van der Waals surface area contributed by atoms with Gasteiger partial charge >= 0.3 is 0 Å². The lowest BCUT2D eigenvalue weighted by molar-refractivity contribution is 0.244. The standard InChI is InChI=1S/C18H29N5/c1-22-10-8-14(12-22)11-21-17(19)13-23(2)16-7-3-5-15-6-4-9-20-18(15)16/h4,6,9,14,16H,3,5,7-8,10-13H2,1-2H3,(H2,19,21). The molecule has 2 aliphatic rings. The van der Waals surface area contributed by atoms with Gasteiger partial charge < -0.3 is 10.6 Å². The highest BCUT2D eigenvalue weighted by Gasteiger charge is 2.25. The highest BCUT2D eigenvalue weighted by Crippen LogP contribution is 2.31. The van der Waals surface area contributed by atoms with Gasteiger partial charge in [0.25, 0.3) is 0 Å². The number of hydrogen-bond acceptors (Lipinski definition) is 4. The minimum Gasteiger partial charge on any atom is -0.386 e. The third-order valence-corrected chi connectivity index (χ3v) is 5.15. The summed E-state index contributed by atoms with van der Waals surface area (Å²) in [6.45, 7) is 3.92. The van der Waals surface area contributed by atoms with Crippen LogP contribution in [0, 0.1) is 5.92 Å². The fourth-order valence-electron chi connectivity index (χ4n) is 3.85. The second-order valence-electron chi connectivity index (χ2n) is 7.12. The van der Waals surface area contributed by atoms with Gasteiger partial charge in [-0.2, -0.15) is 0 Å². The molecule has 23 heavy (non-hydrogen) atoms. The third kappa shape index (κ3) is 4.09. The summed E-state index contributed by atoms with van der Waals surface area (Å²) in [6, 6.07) is 4.61. The molecule has 1 aromatic rings.